The summed E-state index contributed by atoms with van der Waals surface area (Å²) in [6, 6.07) is 17.4. The van der Waals surface area contributed by atoms with Gasteiger partial charge < -0.3 is 4.74 Å². The Morgan fingerprint density at radius 3 is 2.33 bits per heavy atom. The molecule has 2 atom stereocenters. The van der Waals surface area contributed by atoms with Crippen molar-refractivity contribution < 1.29 is 9.53 Å². The van der Waals surface area contributed by atoms with Crippen molar-refractivity contribution >= 4 is 5.78 Å². The van der Waals surface area contributed by atoms with Gasteiger partial charge in [0, 0.05) is 5.56 Å². The van der Waals surface area contributed by atoms with Crippen molar-refractivity contribution in [3.05, 3.63) is 71.3 Å². The van der Waals surface area contributed by atoms with Crippen LogP contribution in [0.4, 0.5) is 0 Å². The monoisotopic (exact) mass is 238 g/mol. The highest BCUT2D eigenvalue weighted by Crippen LogP contribution is 2.40. The summed E-state index contributed by atoms with van der Waals surface area (Å²) in [6.45, 7) is 2.05. The molecule has 0 saturated carbocycles. The number of aryl methyl sites for hydroxylation is 1. The first-order chi connectivity index (χ1) is 8.75. The van der Waals surface area contributed by atoms with E-state index in [1.165, 1.54) is 5.56 Å². The number of carbonyl (C=O) groups excluding carboxylic acids is 1. The van der Waals surface area contributed by atoms with Crippen LogP contribution in [-0.2, 0) is 4.74 Å². The van der Waals surface area contributed by atoms with E-state index in [2.05, 4.69) is 0 Å². The van der Waals surface area contributed by atoms with E-state index in [-0.39, 0.29) is 18.0 Å². The summed E-state index contributed by atoms with van der Waals surface area (Å²) in [4.78, 5) is 12.1. The Bertz CT molecular complexity index is 557. The molecule has 1 aliphatic rings. The number of carbonyl (C=O) groups is 1. The van der Waals surface area contributed by atoms with Gasteiger partial charge in [0.1, 0.15) is 6.10 Å². The van der Waals surface area contributed by atoms with Crippen molar-refractivity contribution in [3.8, 4) is 0 Å². The molecule has 1 fully saturated rings. The average molecular weight is 238 g/mol. The lowest BCUT2D eigenvalue weighted by Gasteiger charge is -1.98. The summed E-state index contributed by atoms with van der Waals surface area (Å²) in [7, 11) is 0. The molecule has 2 aromatic carbocycles. The molecule has 0 unspecified atom stereocenters. The number of benzene rings is 2. The molecule has 3 rings (SSSR count). The fourth-order valence-electron chi connectivity index (χ4n) is 2.09. The Labute approximate surface area is 106 Å². The Balaban J connectivity index is 1.75. The lowest BCUT2D eigenvalue weighted by atomic mass is 10.0. The van der Waals surface area contributed by atoms with Crippen LogP contribution in [0.25, 0.3) is 0 Å². The van der Waals surface area contributed by atoms with Crippen LogP contribution >= 0.6 is 0 Å². The van der Waals surface area contributed by atoms with Gasteiger partial charge in [-0.25, -0.2) is 0 Å². The lowest BCUT2D eigenvalue weighted by molar-refractivity contribution is 0.0953. The Hall–Kier alpha value is -1.93. The molecule has 0 spiro atoms. The molecule has 2 heteroatoms. The Kier molecular flexibility index (Phi) is 2.73. The van der Waals surface area contributed by atoms with Gasteiger partial charge in [0.25, 0.3) is 0 Å². The van der Waals surface area contributed by atoms with Crippen molar-refractivity contribution in [1.29, 1.82) is 0 Å². The number of hydrogen-bond donors (Lipinski definition) is 0. The predicted octanol–water partition coefficient (Wildman–Crippen LogP) is 3.32. The molecule has 90 valence electrons. The third-order valence-corrected chi connectivity index (χ3v) is 3.21. The van der Waals surface area contributed by atoms with Crippen LogP contribution in [0.3, 0.4) is 0 Å². The van der Waals surface area contributed by atoms with Crippen LogP contribution in [0.1, 0.15) is 27.6 Å². The summed E-state index contributed by atoms with van der Waals surface area (Å²) < 4.78 is 5.51. The zero-order chi connectivity index (χ0) is 12.5. The zero-order valence-corrected chi connectivity index (χ0v) is 10.2. The summed E-state index contributed by atoms with van der Waals surface area (Å²) in [5.41, 5.74) is 3.01. The van der Waals surface area contributed by atoms with E-state index in [4.69, 9.17) is 4.74 Å². The first kappa shape index (κ1) is 11.2. The minimum Gasteiger partial charge on any atom is -0.356 e. The molecule has 1 saturated heterocycles. The van der Waals surface area contributed by atoms with Crippen molar-refractivity contribution in [2.75, 3.05) is 0 Å². The molecule has 0 aromatic heterocycles. The SMILES string of the molecule is Cc1ccc([C@@H]2O[C@H]2C(=O)c2ccccc2)cc1. The van der Waals surface area contributed by atoms with Crippen molar-refractivity contribution in [1.82, 2.24) is 0 Å². The Morgan fingerprint density at radius 1 is 1.00 bits per heavy atom. The van der Waals surface area contributed by atoms with Gasteiger partial charge in [-0.15, -0.1) is 0 Å². The topological polar surface area (TPSA) is 29.6 Å². The van der Waals surface area contributed by atoms with Crippen molar-refractivity contribution in [2.24, 2.45) is 0 Å². The van der Waals surface area contributed by atoms with Gasteiger partial charge in [-0.3, -0.25) is 4.79 Å². The maximum absolute atomic E-state index is 12.1. The number of Topliss-reactive ketones (excluding diaryl/α,β-unsaturated/α-hetero) is 1. The zero-order valence-electron chi connectivity index (χ0n) is 10.2. The van der Waals surface area contributed by atoms with Gasteiger partial charge in [0.05, 0.1) is 0 Å². The van der Waals surface area contributed by atoms with E-state index in [9.17, 15) is 4.79 Å². The maximum Gasteiger partial charge on any atom is 0.194 e. The van der Waals surface area contributed by atoms with E-state index >= 15 is 0 Å². The number of hydrogen-bond acceptors (Lipinski definition) is 2. The molecular formula is C16H14O2. The largest absolute Gasteiger partial charge is 0.356 e. The van der Waals surface area contributed by atoms with E-state index in [1.54, 1.807) is 0 Å². The minimum atomic E-state index is -0.310. The van der Waals surface area contributed by atoms with Crippen LogP contribution in [0.15, 0.2) is 54.6 Å². The molecule has 2 nitrogen and oxygen atoms in total. The predicted molar refractivity (Wildman–Crippen MR) is 69.6 cm³/mol. The molecule has 1 heterocycles. The Morgan fingerprint density at radius 2 is 1.67 bits per heavy atom. The fourth-order valence-corrected chi connectivity index (χ4v) is 2.09. The van der Waals surface area contributed by atoms with Gasteiger partial charge >= 0.3 is 0 Å². The quantitative estimate of drug-likeness (QED) is 0.606. The lowest BCUT2D eigenvalue weighted by Crippen LogP contribution is -2.07. The number of rotatable bonds is 3. The third kappa shape index (κ3) is 2.07. The van der Waals surface area contributed by atoms with Crippen LogP contribution in [0, 0.1) is 6.92 Å². The minimum absolute atomic E-state index is 0.0705. The van der Waals surface area contributed by atoms with Gasteiger partial charge in [-0.2, -0.15) is 0 Å². The second kappa shape index (κ2) is 4.39. The average Bonchev–Trinajstić information content (AvgIpc) is 3.20. The highest BCUT2D eigenvalue weighted by Gasteiger charge is 2.45. The standard InChI is InChI=1S/C16H14O2/c1-11-7-9-13(10-8-11)15-16(18-15)14(17)12-5-3-2-4-6-12/h2-10,15-16H,1H3/t15-,16-/m0/s1. The van der Waals surface area contributed by atoms with Gasteiger partial charge in [-0.1, -0.05) is 60.2 Å². The molecule has 0 radical (unpaired) electrons. The summed E-state index contributed by atoms with van der Waals surface area (Å²) in [5, 5.41) is 0. The summed E-state index contributed by atoms with van der Waals surface area (Å²) >= 11 is 0. The molecule has 1 aliphatic heterocycles. The normalized spacial score (nSPS) is 21.6. The second-order valence-electron chi connectivity index (χ2n) is 4.62. The fraction of sp³-hybridized carbons (Fsp3) is 0.188. The number of ketones is 1. The van der Waals surface area contributed by atoms with Crippen LogP contribution in [0.5, 0.6) is 0 Å². The van der Waals surface area contributed by atoms with E-state index in [0.29, 0.717) is 0 Å². The molecule has 18 heavy (non-hydrogen) atoms. The molecule has 0 N–H and O–H groups in total. The van der Waals surface area contributed by atoms with Crippen LogP contribution in [-0.4, -0.2) is 11.9 Å². The number of epoxide rings is 1. The van der Waals surface area contributed by atoms with E-state index < -0.39 is 0 Å². The molecule has 0 amide bonds. The molecular weight excluding hydrogens is 224 g/mol. The highest BCUT2D eigenvalue weighted by atomic mass is 16.6. The van der Waals surface area contributed by atoms with E-state index in [1.807, 2.05) is 61.5 Å². The van der Waals surface area contributed by atoms with Crippen LogP contribution < -0.4 is 0 Å². The first-order valence-corrected chi connectivity index (χ1v) is 6.07. The third-order valence-electron chi connectivity index (χ3n) is 3.21. The second-order valence-corrected chi connectivity index (χ2v) is 4.62. The first-order valence-electron chi connectivity index (χ1n) is 6.07. The molecule has 0 aliphatic carbocycles. The number of ether oxygens (including phenoxy) is 1. The van der Waals surface area contributed by atoms with Crippen LogP contribution in [0.2, 0.25) is 0 Å². The molecule has 0 bridgehead atoms. The summed E-state index contributed by atoms with van der Waals surface area (Å²) in [5.74, 6) is 0.0705. The van der Waals surface area contributed by atoms with Gasteiger partial charge in [0.2, 0.25) is 0 Å². The van der Waals surface area contributed by atoms with Crippen molar-refractivity contribution in [3.63, 3.8) is 0 Å². The smallest absolute Gasteiger partial charge is 0.194 e. The molecule has 2 aromatic rings. The summed E-state index contributed by atoms with van der Waals surface area (Å²) in [6.07, 6.45) is -0.381. The van der Waals surface area contributed by atoms with E-state index in [0.717, 1.165) is 11.1 Å². The van der Waals surface area contributed by atoms with Gasteiger partial charge in [0.15, 0.2) is 11.9 Å². The van der Waals surface area contributed by atoms with Gasteiger partial charge in [-0.05, 0) is 12.5 Å². The highest BCUT2D eigenvalue weighted by molar-refractivity contribution is 6.01. The maximum atomic E-state index is 12.1. The van der Waals surface area contributed by atoms with Crippen molar-refractivity contribution in [2.45, 2.75) is 19.1 Å².